The summed E-state index contributed by atoms with van der Waals surface area (Å²) >= 11 is 3.31. The number of hydrogen-bond donors (Lipinski definition) is 1. The van der Waals surface area contributed by atoms with Gasteiger partial charge in [0.2, 0.25) is 0 Å². The highest BCUT2D eigenvalue weighted by Gasteiger charge is 2.01. The van der Waals surface area contributed by atoms with Crippen LogP contribution in [0.4, 0.5) is 0 Å². The molecule has 2 heterocycles. The van der Waals surface area contributed by atoms with Crippen molar-refractivity contribution in [3.8, 4) is 0 Å². The average Bonchev–Trinajstić information content (AvgIpc) is 2.48. The van der Waals surface area contributed by atoms with Crippen molar-refractivity contribution in [1.29, 1.82) is 0 Å². The molecule has 4 heteroatoms. The van der Waals surface area contributed by atoms with Gasteiger partial charge in [0.25, 0.3) is 0 Å². The van der Waals surface area contributed by atoms with Crippen LogP contribution < -0.4 is 0 Å². The Morgan fingerprint density at radius 1 is 1.75 bits per heavy atom. The first-order valence-corrected chi connectivity index (χ1v) is 4.14. The van der Waals surface area contributed by atoms with E-state index >= 15 is 0 Å². The molecule has 62 valence electrons. The first-order valence-electron chi connectivity index (χ1n) is 4.35. The van der Waals surface area contributed by atoms with Crippen LogP contribution >= 0.6 is 15.9 Å². The Bertz CT molecular complexity index is 478. The molecule has 0 unspecified atom stereocenters. The summed E-state index contributed by atoms with van der Waals surface area (Å²) in [5.74, 6) is 0. The Morgan fingerprint density at radius 3 is 3.25 bits per heavy atom. The van der Waals surface area contributed by atoms with Gasteiger partial charge < -0.3 is 5.11 Å². The second-order valence-electron chi connectivity index (χ2n) is 2.33. The lowest BCUT2D eigenvalue weighted by Gasteiger charge is -1.92. The van der Waals surface area contributed by atoms with E-state index in [1.807, 2.05) is 6.07 Å². The number of halogens is 1. The van der Waals surface area contributed by atoms with E-state index in [2.05, 4.69) is 21.0 Å². The van der Waals surface area contributed by atoms with Crippen molar-refractivity contribution in [1.82, 2.24) is 9.61 Å². The number of aromatic nitrogens is 2. The SMILES string of the molecule is [2H]C([2H])(O)c1cc2c(Br)cccn2n1. The van der Waals surface area contributed by atoms with Gasteiger partial charge in [0.1, 0.15) is 0 Å². The summed E-state index contributed by atoms with van der Waals surface area (Å²) in [5, 5.41) is 13.0. The van der Waals surface area contributed by atoms with E-state index in [4.69, 9.17) is 7.85 Å². The zero-order valence-electron chi connectivity index (χ0n) is 8.03. The van der Waals surface area contributed by atoms with Crippen LogP contribution in [0.3, 0.4) is 0 Å². The topological polar surface area (TPSA) is 37.5 Å². The molecule has 12 heavy (non-hydrogen) atoms. The van der Waals surface area contributed by atoms with Crippen molar-refractivity contribution in [3.05, 3.63) is 34.6 Å². The quantitative estimate of drug-likeness (QED) is 0.806. The Balaban J connectivity index is 2.69. The molecule has 0 fully saturated rings. The fourth-order valence-corrected chi connectivity index (χ4v) is 1.48. The molecule has 0 saturated heterocycles. The van der Waals surface area contributed by atoms with E-state index in [9.17, 15) is 0 Å². The molecular formula is C8H7BrN2O. The number of aliphatic hydroxyl groups is 1. The first-order chi connectivity index (χ1) is 6.48. The molecule has 0 amide bonds. The highest BCUT2D eigenvalue weighted by molar-refractivity contribution is 9.10. The largest absolute Gasteiger partial charge is 0.390 e. The third-order valence-corrected chi connectivity index (χ3v) is 2.24. The number of hydrogen-bond acceptors (Lipinski definition) is 2. The Labute approximate surface area is 80.6 Å². The Hall–Kier alpha value is -0.870. The van der Waals surface area contributed by atoms with E-state index in [0.29, 0.717) is 0 Å². The molecule has 0 radical (unpaired) electrons. The summed E-state index contributed by atoms with van der Waals surface area (Å²) < 4.78 is 16.5. The van der Waals surface area contributed by atoms with Gasteiger partial charge in [0.05, 0.1) is 20.5 Å². The van der Waals surface area contributed by atoms with Gasteiger partial charge in [-0.15, -0.1) is 0 Å². The van der Waals surface area contributed by atoms with Gasteiger partial charge in [-0.05, 0) is 34.1 Å². The lowest BCUT2D eigenvalue weighted by Crippen LogP contribution is -1.87. The zero-order chi connectivity index (χ0) is 10.3. The molecule has 0 bridgehead atoms. The second-order valence-corrected chi connectivity index (χ2v) is 3.18. The maximum Gasteiger partial charge on any atom is 0.0889 e. The molecule has 2 aromatic heterocycles. The second kappa shape index (κ2) is 2.88. The minimum absolute atomic E-state index is 0.00407. The monoisotopic (exact) mass is 228 g/mol. The fourth-order valence-electron chi connectivity index (χ4n) is 1.04. The molecule has 0 atom stereocenters. The molecule has 0 spiro atoms. The molecule has 1 N–H and O–H groups in total. The summed E-state index contributed by atoms with van der Waals surface area (Å²) in [7, 11) is 0. The molecule has 0 saturated carbocycles. The van der Waals surface area contributed by atoms with Crippen LogP contribution in [0.25, 0.3) is 5.52 Å². The van der Waals surface area contributed by atoms with Crippen LogP contribution in [0.1, 0.15) is 8.44 Å². The van der Waals surface area contributed by atoms with E-state index in [1.165, 1.54) is 10.6 Å². The van der Waals surface area contributed by atoms with Crippen LogP contribution in [0.2, 0.25) is 0 Å². The molecular weight excluding hydrogens is 220 g/mol. The van der Waals surface area contributed by atoms with Crippen LogP contribution in [0.15, 0.2) is 28.9 Å². The van der Waals surface area contributed by atoms with Crippen molar-refractivity contribution in [3.63, 3.8) is 0 Å². The van der Waals surface area contributed by atoms with Crippen LogP contribution in [-0.2, 0) is 6.56 Å². The van der Waals surface area contributed by atoms with Gasteiger partial charge in [0, 0.05) is 10.7 Å². The maximum atomic E-state index is 9.12. The summed E-state index contributed by atoms with van der Waals surface area (Å²) in [5.41, 5.74) is 0.727. The first kappa shape index (κ1) is 5.72. The molecule has 2 rings (SSSR count). The van der Waals surface area contributed by atoms with Crippen molar-refractivity contribution >= 4 is 21.4 Å². The number of nitrogens with zero attached hydrogens (tertiary/aromatic N) is 2. The normalized spacial score (nSPS) is 14.5. The van der Waals surface area contributed by atoms with E-state index in [1.54, 1.807) is 12.3 Å². The van der Waals surface area contributed by atoms with E-state index in [-0.39, 0.29) is 5.69 Å². The molecule has 3 nitrogen and oxygen atoms in total. The lowest BCUT2D eigenvalue weighted by molar-refractivity contribution is 0.276. The molecule has 0 aromatic carbocycles. The van der Waals surface area contributed by atoms with Crippen molar-refractivity contribution in [2.75, 3.05) is 0 Å². The predicted molar refractivity (Wildman–Crippen MR) is 48.8 cm³/mol. The summed E-state index contributed by atoms with van der Waals surface area (Å²) in [4.78, 5) is 0. The number of pyridine rings is 1. The molecule has 0 aliphatic heterocycles. The van der Waals surface area contributed by atoms with E-state index < -0.39 is 6.56 Å². The van der Waals surface area contributed by atoms with E-state index in [0.717, 1.165) is 9.99 Å². The third kappa shape index (κ3) is 1.13. The van der Waals surface area contributed by atoms with Gasteiger partial charge >= 0.3 is 0 Å². The lowest BCUT2D eigenvalue weighted by atomic mass is 10.4. The standard InChI is InChI=1S/C8H7BrN2O/c9-7-2-1-3-11-8(7)4-6(5-12)10-11/h1-4,12H,5H2/i5D2. The number of rotatable bonds is 1. The minimum atomic E-state index is -2.40. The summed E-state index contributed by atoms with van der Waals surface area (Å²) in [6.45, 7) is -2.40. The van der Waals surface area contributed by atoms with Gasteiger partial charge in [0.15, 0.2) is 0 Å². The van der Waals surface area contributed by atoms with Crippen molar-refractivity contribution in [2.45, 2.75) is 6.56 Å². The molecule has 0 aliphatic carbocycles. The highest BCUT2D eigenvalue weighted by Crippen LogP contribution is 2.17. The molecule has 2 aromatic rings. The third-order valence-electron chi connectivity index (χ3n) is 1.56. The van der Waals surface area contributed by atoms with Crippen molar-refractivity contribution < 1.29 is 7.85 Å². The number of fused-ring (bicyclic) bond motifs is 1. The predicted octanol–water partition coefficient (Wildman–Crippen LogP) is 1.59. The van der Waals surface area contributed by atoms with Gasteiger partial charge in [-0.3, -0.25) is 0 Å². The fraction of sp³-hybridized carbons (Fsp3) is 0.125. The Kier molecular flexibility index (Phi) is 1.37. The minimum Gasteiger partial charge on any atom is -0.390 e. The maximum absolute atomic E-state index is 9.12. The van der Waals surface area contributed by atoms with Crippen molar-refractivity contribution in [2.24, 2.45) is 0 Å². The smallest absolute Gasteiger partial charge is 0.0889 e. The van der Waals surface area contributed by atoms with Crippen LogP contribution in [-0.4, -0.2) is 14.7 Å². The van der Waals surface area contributed by atoms with Crippen LogP contribution in [0.5, 0.6) is 0 Å². The summed E-state index contributed by atoms with van der Waals surface area (Å²) in [6, 6.07) is 5.11. The van der Waals surface area contributed by atoms with Gasteiger partial charge in [-0.25, -0.2) is 4.52 Å². The summed E-state index contributed by atoms with van der Waals surface area (Å²) in [6.07, 6.45) is 1.69. The highest BCUT2D eigenvalue weighted by atomic mass is 79.9. The zero-order valence-corrected chi connectivity index (χ0v) is 7.62. The van der Waals surface area contributed by atoms with Crippen LogP contribution in [0, 0.1) is 0 Å². The average molecular weight is 229 g/mol. The van der Waals surface area contributed by atoms with Gasteiger partial charge in [-0.1, -0.05) is 0 Å². The Morgan fingerprint density at radius 2 is 2.58 bits per heavy atom. The molecule has 0 aliphatic rings. The van der Waals surface area contributed by atoms with Gasteiger partial charge in [-0.2, -0.15) is 5.10 Å².